The number of carbonyl (C=O) groups excluding carboxylic acids is 1. The number of nitrogens with zero attached hydrogens (tertiary/aromatic N) is 1. The number of rotatable bonds is 2. The minimum atomic E-state index is 0.265. The lowest BCUT2D eigenvalue weighted by Gasteiger charge is -2.02. The summed E-state index contributed by atoms with van der Waals surface area (Å²) < 4.78 is 4.84. The van der Waals surface area contributed by atoms with Crippen LogP contribution in [0.15, 0.2) is 12.3 Å². The van der Waals surface area contributed by atoms with E-state index in [4.69, 9.17) is 12.6 Å². The first-order valence-corrected chi connectivity index (χ1v) is 3.02. The molecule has 1 aromatic rings. The zero-order valence-corrected chi connectivity index (χ0v) is 6.07. The maximum absolute atomic E-state index is 10.3. The molecule has 11 heavy (non-hydrogen) atoms. The van der Waals surface area contributed by atoms with Crippen molar-refractivity contribution in [3.8, 4) is 5.75 Å². The van der Waals surface area contributed by atoms with Gasteiger partial charge in [-0.1, -0.05) is 5.46 Å². The van der Waals surface area contributed by atoms with E-state index in [-0.39, 0.29) is 5.69 Å². The lowest BCUT2D eigenvalue weighted by atomic mass is 9.98. The Kier molecular flexibility index (Phi) is 2.26. The molecule has 0 aliphatic rings. The number of pyridine rings is 1. The molecule has 1 heterocycles. The molecule has 0 aromatic carbocycles. The van der Waals surface area contributed by atoms with E-state index < -0.39 is 0 Å². The van der Waals surface area contributed by atoms with E-state index in [0.717, 1.165) is 0 Å². The average Bonchev–Trinajstić information content (AvgIpc) is 2.04. The molecule has 4 heteroatoms. The highest BCUT2D eigenvalue weighted by molar-refractivity contribution is 6.32. The highest BCUT2D eigenvalue weighted by Gasteiger charge is 2.01. The summed E-state index contributed by atoms with van der Waals surface area (Å²) in [6.07, 6.45) is 2.03. The summed E-state index contributed by atoms with van der Waals surface area (Å²) in [5, 5.41) is 0. The molecule has 54 valence electrons. The molecule has 0 aliphatic heterocycles. The van der Waals surface area contributed by atoms with Crippen LogP contribution in [-0.2, 0) is 0 Å². The highest BCUT2D eigenvalue weighted by atomic mass is 16.5. The molecule has 0 fully saturated rings. The third-order valence-electron chi connectivity index (χ3n) is 1.23. The van der Waals surface area contributed by atoms with Crippen LogP contribution in [0, 0.1) is 0 Å². The van der Waals surface area contributed by atoms with E-state index in [0.29, 0.717) is 17.5 Å². The Morgan fingerprint density at radius 1 is 1.73 bits per heavy atom. The van der Waals surface area contributed by atoms with E-state index >= 15 is 0 Å². The molecule has 0 atom stereocenters. The quantitative estimate of drug-likeness (QED) is 0.425. The normalized spacial score (nSPS) is 9.18. The molecular weight excluding hydrogens is 141 g/mol. The van der Waals surface area contributed by atoms with Gasteiger partial charge in [0.2, 0.25) is 0 Å². The van der Waals surface area contributed by atoms with Crippen LogP contribution in [0.3, 0.4) is 0 Å². The van der Waals surface area contributed by atoms with E-state index in [1.807, 2.05) is 0 Å². The van der Waals surface area contributed by atoms with Gasteiger partial charge in [-0.25, -0.2) is 0 Å². The molecular formula is C7H6BNO2. The van der Waals surface area contributed by atoms with E-state index in [2.05, 4.69) is 4.98 Å². The van der Waals surface area contributed by atoms with Gasteiger partial charge in [-0.3, -0.25) is 9.78 Å². The molecule has 0 spiro atoms. The van der Waals surface area contributed by atoms with Crippen LogP contribution < -0.4 is 10.2 Å². The minimum absolute atomic E-state index is 0.265. The van der Waals surface area contributed by atoms with Gasteiger partial charge in [-0.15, -0.1) is 0 Å². The fourth-order valence-electron chi connectivity index (χ4n) is 0.722. The molecule has 1 rings (SSSR count). The van der Waals surface area contributed by atoms with Crippen LogP contribution in [0.1, 0.15) is 10.5 Å². The third kappa shape index (κ3) is 1.58. The van der Waals surface area contributed by atoms with Gasteiger partial charge in [-0.2, -0.15) is 0 Å². The van der Waals surface area contributed by atoms with Crippen molar-refractivity contribution >= 4 is 19.6 Å². The van der Waals surface area contributed by atoms with Crippen LogP contribution in [0.25, 0.3) is 0 Å². The number of ether oxygens (including phenoxy) is 1. The van der Waals surface area contributed by atoms with Gasteiger partial charge in [0.15, 0.2) is 6.29 Å². The maximum Gasteiger partial charge on any atom is 0.172 e. The SMILES string of the molecule is [B]c1cnc(C=O)c(OC)c1. The predicted molar refractivity (Wildman–Crippen MR) is 41.6 cm³/mol. The maximum atomic E-state index is 10.3. The second-order valence-electron chi connectivity index (χ2n) is 1.97. The Labute approximate surface area is 65.8 Å². The summed E-state index contributed by atoms with van der Waals surface area (Å²) in [6, 6.07) is 1.55. The smallest absolute Gasteiger partial charge is 0.172 e. The van der Waals surface area contributed by atoms with Crippen LogP contribution in [0.4, 0.5) is 0 Å². The van der Waals surface area contributed by atoms with Crippen LogP contribution in [0.5, 0.6) is 5.75 Å². The first-order chi connectivity index (χ1) is 5.27. The van der Waals surface area contributed by atoms with Gasteiger partial charge < -0.3 is 4.74 Å². The molecule has 0 unspecified atom stereocenters. The van der Waals surface area contributed by atoms with Gasteiger partial charge in [0.25, 0.3) is 0 Å². The predicted octanol–water partition coefficient (Wildman–Crippen LogP) is -0.304. The molecule has 0 aliphatic carbocycles. The number of hydrogen-bond acceptors (Lipinski definition) is 3. The Morgan fingerprint density at radius 2 is 2.45 bits per heavy atom. The number of hydrogen-bond donors (Lipinski definition) is 0. The summed E-state index contributed by atoms with van der Waals surface area (Å²) >= 11 is 0. The average molecular weight is 147 g/mol. The van der Waals surface area contributed by atoms with Gasteiger partial charge in [-0.05, 0) is 6.07 Å². The highest BCUT2D eigenvalue weighted by Crippen LogP contribution is 2.09. The summed E-state index contributed by atoms with van der Waals surface area (Å²) in [4.78, 5) is 14.1. The third-order valence-corrected chi connectivity index (χ3v) is 1.23. The van der Waals surface area contributed by atoms with Crippen molar-refractivity contribution in [2.24, 2.45) is 0 Å². The van der Waals surface area contributed by atoms with Gasteiger partial charge >= 0.3 is 0 Å². The molecule has 2 radical (unpaired) electrons. The lowest BCUT2D eigenvalue weighted by molar-refractivity contribution is 0.111. The zero-order chi connectivity index (χ0) is 8.27. The number of aromatic nitrogens is 1. The van der Waals surface area contributed by atoms with Crippen LogP contribution in [0.2, 0.25) is 0 Å². The number of methoxy groups -OCH3 is 1. The minimum Gasteiger partial charge on any atom is -0.494 e. The monoisotopic (exact) mass is 147 g/mol. The zero-order valence-electron chi connectivity index (χ0n) is 6.07. The largest absolute Gasteiger partial charge is 0.494 e. The number of carbonyl (C=O) groups is 1. The van der Waals surface area contributed by atoms with E-state index in [1.54, 1.807) is 6.07 Å². The molecule has 0 N–H and O–H groups in total. The summed E-state index contributed by atoms with van der Waals surface area (Å²) in [5.41, 5.74) is 0.745. The summed E-state index contributed by atoms with van der Waals surface area (Å²) in [6.45, 7) is 0. The first kappa shape index (κ1) is 7.79. The summed E-state index contributed by atoms with van der Waals surface area (Å²) in [7, 11) is 6.86. The Hall–Kier alpha value is -1.32. The molecule has 0 bridgehead atoms. The van der Waals surface area contributed by atoms with E-state index in [1.165, 1.54) is 13.3 Å². The molecule has 0 saturated heterocycles. The molecule has 0 saturated carbocycles. The Morgan fingerprint density at radius 3 is 3.00 bits per heavy atom. The standard InChI is InChI=1S/C7H6BNO2/c1-11-7-2-5(8)3-9-6(7)4-10/h2-4H,1H3. The molecule has 0 amide bonds. The van der Waals surface area contributed by atoms with Crippen molar-refractivity contribution in [2.45, 2.75) is 0 Å². The van der Waals surface area contributed by atoms with Gasteiger partial charge in [0, 0.05) is 6.20 Å². The van der Waals surface area contributed by atoms with Crippen molar-refractivity contribution in [3.05, 3.63) is 18.0 Å². The fraction of sp³-hybridized carbons (Fsp3) is 0.143. The second-order valence-corrected chi connectivity index (χ2v) is 1.97. The van der Waals surface area contributed by atoms with Crippen molar-refractivity contribution in [3.63, 3.8) is 0 Å². The first-order valence-electron chi connectivity index (χ1n) is 3.02. The molecule has 1 aromatic heterocycles. The van der Waals surface area contributed by atoms with Crippen molar-refractivity contribution in [1.82, 2.24) is 4.98 Å². The van der Waals surface area contributed by atoms with Crippen LogP contribution >= 0.6 is 0 Å². The van der Waals surface area contributed by atoms with Gasteiger partial charge in [0.1, 0.15) is 19.3 Å². The van der Waals surface area contributed by atoms with E-state index in [9.17, 15) is 4.79 Å². The van der Waals surface area contributed by atoms with Gasteiger partial charge in [0.05, 0.1) is 7.11 Å². The Balaban J connectivity index is 3.16. The van der Waals surface area contributed by atoms with Crippen LogP contribution in [-0.4, -0.2) is 26.2 Å². The van der Waals surface area contributed by atoms with Crippen molar-refractivity contribution in [2.75, 3.05) is 7.11 Å². The summed E-state index contributed by atoms with van der Waals surface area (Å²) in [5.74, 6) is 0.403. The topological polar surface area (TPSA) is 39.2 Å². The Bertz CT molecular complexity index is 275. The molecule has 3 nitrogen and oxygen atoms in total. The fourth-order valence-corrected chi connectivity index (χ4v) is 0.722. The lowest BCUT2D eigenvalue weighted by Crippen LogP contribution is -2.06. The number of aldehydes is 1. The van der Waals surface area contributed by atoms with Crippen molar-refractivity contribution < 1.29 is 9.53 Å². The second kappa shape index (κ2) is 3.19. The van der Waals surface area contributed by atoms with Crippen molar-refractivity contribution in [1.29, 1.82) is 0 Å².